The van der Waals surface area contributed by atoms with Gasteiger partial charge in [-0.15, -0.1) is 0 Å². The molecular formula is C22H16BrNO2S2. The number of furan rings is 1. The van der Waals surface area contributed by atoms with Gasteiger partial charge in [-0.2, -0.15) is 0 Å². The number of hydrogen-bond acceptors (Lipinski definition) is 4. The van der Waals surface area contributed by atoms with E-state index in [4.69, 9.17) is 16.6 Å². The third kappa shape index (κ3) is 3.72. The molecule has 1 aromatic heterocycles. The van der Waals surface area contributed by atoms with Crippen molar-refractivity contribution in [2.45, 2.75) is 13.8 Å². The number of thiocarbonyl (C=S) groups is 1. The van der Waals surface area contributed by atoms with E-state index in [2.05, 4.69) is 15.9 Å². The van der Waals surface area contributed by atoms with E-state index in [1.165, 1.54) is 11.8 Å². The smallest absolute Gasteiger partial charge is 0.270 e. The fourth-order valence-electron chi connectivity index (χ4n) is 2.96. The lowest BCUT2D eigenvalue weighted by molar-refractivity contribution is -0.113. The minimum Gasteiger partial charge on any atom is -0.457 e. The van der Waals surface area contributed by atoms with Crippen LogP contribution in [-0.2, 0) is 4.79 Å². The minimum absolute atomic E-state index is 0.120. The number of anilines is 1. The molecular weight excluding hydrogens is 454 g/mol. The van der Waals surface area contributed by atoms with E-state index >= 15 is 0 Å². The van der Waals surface area contributed by atoms with E-state index in [9.17, 15) is 4.79 Å². The van der Waals surface area contributed by atoms with Crippen molar-refractivity contribution < 1.29 is 9.21 Å². The second-order valence-electron chi connectivity index (χ2n) is 6.52. The van der Waals surface area contributed by atoms with Crippen LogP contribution in [0.25, 0.3) is 17.4 Å². The Morgan fingerprint density at radius 3 is 2.57 bits per heavy atom. The predicted octanol–water partition coefficient (Wildman–Crippen LogP) is 6.73. The average Bonchev–Trinajstić information content (AvgIpc) is 3.23. The number of aryl methyl sites for hydroxylation is 2. The summed E-state index contributed by atoms with van der Waals surface area (Å²) in [5, 5.41) is 0. The molecule has 0 spiro atoms. The molecule has 3 aromatic rings. The molecule has 0 atom stereocenters. The van der Waals surface area contributed by atoms with Crippen LogP contribution < -0.4 is 4.90 Å². The van der Waals surface area contributed by atoms with Crippen LogP contribution in [0.2, 0.25) is 0 Å². The molecule has 1 aliphatic heterocycles. The second-order valence-corrected chi connectivity index (χ2v) is 9.11. The van der Waals surface area contributed by atoms with Crippen LogP contribution >= 0.6 is 39.9 Å². The van der Waals surface area contributed by atoms with Gasteiger partial charge in [0.05, 0.1) is 10.6 Å². The molecule has 1 fully saturated rings. The third-order valence-corrected chi connectivity index (χ3v) is 6.26. The van der Waals surface area contributed by atoms with Crippen LogP contribution in [0.5, 0.6) is 0 Å². The van der Waals surface area contributed by atoms with Crippen molar-refractivity contribution in [1.29, 1.82) is 0 Å². The Morgan fingerprint density at radius 2 is 1.82 bits per heavy atom. The van der Waals surface area contributed by atoms with Crippen molar-refractivity contribution in [3.63, 3.8) is 0 Å². The molecule has 0 radical (unpaired) electrons. The Balaban J connectivity index is 1.63. The fraction of sp³-hybridized carbons (Fsp3) is 0.0909. The summed E-state index contributed by atoms with van der Waals surface area (Å²) in [6, 6.07) is 17.7. The summed E-state index contributed by atoms with van der Waals surface area (Å²) in [4.78, 5) is 15.2. The summed E-state index contributed by atoms with van der Waals surface area (Å²) in [6.07, 6.45) is 1.76. The van der Waals surface area contributed by atoms with Gasteiger partial charge in [0.2, 0.25) is 0 Å². The zero-order valence-electron chi connectivity index (χ0n) is 15.2. The summed E-state index contributed by atoms with van der Waals surface area (Å²) in [5.74, 6) is 1.26. The number of nitrogens with zero attached hydrogens (tertiary/aromatic N) is 1. The molecule has 4 rings (SSSR count). The van der Waals surface area contributed by atoms with E-state index in [1.54, 1.807) is 11.0 Å². The van der Waals surface area contributed by atoms with Crippen LogP contribution in [0.15, 0.2) is 68.4 Å². The molecule has 0 aliphatic carbocycles. The first-order valence-corrected chi connectivity index (χ1v) is 10.6. The van der Waals surface area contributed by atoms with Gasteiger partial charge in [0.15, 0.2) is 4.32 Å². The van der Waals surface area contributed by atoms with E-state index in [-0.39, 0.29) is 5.91 Å². The maximum absolute atomic E-state index is 13.0. The number of halogens is 1. The van der Waals surface area contributed by atoms with Crippen molar-refractivity contribution in [1.82, 2.24) is 0 Å². The topological polar surface area (TPSA) is 33.5 Å². The predicted molar refractivity (Wildman–Crippen MR) is 123 cm³/mol. The van der Waals surface area contributed by atoms with Crippen LogP contribution in [-0.4, -0.2) is 10.2 Å². The summed E-state index contributed by atoms with van der Waals surface area (Å²) >= 11 is 10.2. The van der Waals surface area contributed by atoms with Crippen molar-refractivity contribution >= 4 is 61.9 Å². The first-order valence-electron chi connectivity index (χ1n) is 8.63. The first kappa shape index (κ1) is 19.2. The maximum atomic E-state index is 13.0. The van der Waals surface area contributed by atoms with Gasteiger partial charge in [-0.25, -0.2) is 0 Å². The highest BCUT2D eigenvalue weighted by Gasteiger charge is 2.34. The SMILES string of the molecule is Cc1ccc(C)c(N2C(=O)C(=Cc3ccc(-c4ccc(Br)cc4)o3)SC2=S)c1. The lowest BCUT2D eigenvalue weighted by atomic mass is 10.1. The number of rotatable bonds is 3. The Morgan fingerprint density at radius 1 is 1.07 bits per heavy atom. The highest BCUT2D eigenvalue weighted by atomic mass is 79.9. The zero-order valence-corrected chi connectivity index (χ0v) is 18.5. The molecule has 2 aromatic carbocycles. The number of amides is 1. The summed E-state index contributed by atoms with van der Waals surface area (Å²) in [7, 11) is 0. The quantitative estimate of drug-likeness (QED) is 0.314. The highest BCUT2D eigenvalue weighted by molar-refractivity contribution is 9.10. The van der Waals surface area contributed by atoms with Gasteiger partial charge < -0.3 is 4.42 Å². The fourth-order valence-corrected chi connectivity index (χ4v) is 4.49. The first-order chi connectivity index (χ1) is 13.4. The van der Waals surface area contributed by atoms with Crippen LogP contribution in [0.3, 0.4) is 0 Å². The minimum atomic E-state index is -0.120. The van der Waals surface area contributed by atoms with Crippen LogP contribution in [0, 0.1) is 13.8 Å². The lowest BCUT2D eigenvalue weighted by Gasteiger charge is -2.17. The summed E-state index contributed by atoms with van der Waals surface area (Å²) in [5.41, 5.74) is 3.91. The summed E-state index contributed by atoms with van der Waals surface area (Å²) < 4.78 is 7.46. The number of thioether (sulfide) groups is 1. The Labute approximate surface area is 181 Å². The second kappa shape index (κ2) is 7.70. The maximum Gasteiger partial charge on any atom is 0.270 e. The van der Waals surface area contributed by atoms with E-state index in [0.717, 1.165) is 32.6 Å². The number of carbonyl (C=O) groups excluding carboxylic acids is 1. The molecule has 0 bridgehead atoms. The number of benzene rings is 2. The van der Waals surface area contributed by atoms with Crippen molar-refractivity contribution in [2.24, 2.45) is 0 Å². The van der Waals surface area contributed by atoms with Crippen LogP contribution in [0.4, 0.5) is 5.69 Å². The molecule has 28 heavy (non-hydrogen) atoms. The van der Waals surface area contributed by atoms with E-state index in [0.29, 0.717) is 15.0 Å². The standard InChI is InChI=1S/C22H16BrNO2S2/c1-13-3-4-14(2)18(11-13)24-21(25)20(28-22(24)27)12-17-9-10-19(26-17)15-5-7-16(23)8-6-15/h3-12H,1-2H3. The molecule has 6 heteroatoms. The van der Waals surface area contributed by atoms with Gasteiger partial charge >= 0.3 is 0 Å². The highest BCUT2D eigenvalue weighted by Crippen LogP contribution is 2.38. The lowest BCUT2D eigenvalue weighted by Crippen LogP contribution is -2.28. The van der Waals surface area contributed by atoms with Gasteiger partial charge in [-0.05, 0) is 55.3 Å². The van der Waals surface area contributed by atoms with Gasteiger partial charge in [-0.1, -0.05) is 64.2 Å². The monoisotopic (exact) mass is 469 g/mol. The Hall–Kier alpha value is -2.15. The molecule has 140 valence electrons. The Kier molecular flexibility index (Phi) is 5.27. The van der Waals surface area contributed by atoms with Crippen molar-refractivity contribution in [3.8, 4) is 11.3 Å². The Bertz CT molecular complexity index is 1120. The molecule has 2 heterocycles. The molecule has 1 aliphatic rings. The van der Waals surface area contributed by atoms with Crippen LogP contribution in [0.1, 0.15) is 16.9 Å². The van der Waals surface area contributed by atoms with E-state index in [1.807, 2.05) is 68.4 Å². The average molecular weight is 470 g/mol. The normalized spacial score (nSPS) is 15.7. The van der Waals surface area contributed by atoms with E-state index < -0.39 is 0 Å². The van der Waals surface area contributed by atoms with Gasteiger partial charge in [0, 0.05) is 16.1 Å². The largest absolute Gasteiger partial charge is 0.457 e. The van der Waals surface area contributed by atoms with Gasteiger partial charge in [0.1, 0.15) is 11.5 Å². The number of hydrogen-bond donors (Lipinski definition) is 0. The molecule has 0 unspecified atom stereocenters. The zero-order chi connectivity index (χ0) is 19.8. The number of carbonyl (C=O) groups is 1. The molecule has 1 amide bonds. The molecule has 0 saturated carbocycles. The molecule has 0 N–H and O–H groups in total. The van der Waals surface area contributed by atoms with Crippen molar-refractivity contribution in [3.05, 3.63) is 80.9 Å². The summed E-state index contributed by atoms with van der Waals surface area (Å²) in [6.45, 7) is 3.98. The van der Waals surface area contributed by atoms with Crippen molar-refractivity contribution in [2.75, 3.05) is 4.90 Å². The molecule has 3 nitrogen and oxygen atoms in total. The molecule has 1 saturated heterocycles. The van der Waals surface area contributed by atoms with Gasteiger partial charge in [0.25, 0.3) is 5.91 Å². The van der Waals surface area contributed by atoms with Gasteiger partial charge in [-0.3, -0.25) is 9.69 Å². The third-order valence-electron chi connectivity index (χ3n) is 4.43.